The Labute approximate surface area is 147 Å². The molecule has 2 aromatic rings. The third-order valence-corrected chi connectivity index (χ3v) is 4.10. The van der Waals surface area contributed by atoms with Crippen LogP contribution in [0.15, 0.2) is 24.4 Å². The Morgan fingerprint density at radius 2 is 2.00 bits per heavy atom. The predicted molar refractivity (Wildman–Crippen MR) is 97.8 cm³/mol. The fraction of sp³-hybridized carbons (Fsp3) is 0.353. The molecule has 1 atom stereocenters. The third-order valence-electron chi connectivity index (χ3n) is 4.10. The molecule has 0 radical (unpaired) electrons. The number of amides is 3. The fourth-order valence-corrected chi connectivity index (χ4v) is 2.55. The largest absolute Gasteiger partial charge is 0.376 e. The average molecular weight is 344 g/mol. The second-order valence-corrected chi connectivity index (χ2v) is 6.12. The van der Waals surface area contributed by atoms with Crippen LogP contribution in [0, 0.1) is 6.92 Å². The molecule has 1 aromatic heterocycles. The van der Waals surface area contributed by atoms with Crippen LogP contribution in [0.4, 0.5) is 16.2 Å². The number of urea groups is 1. The molecule has 0 aliphatic carbocycles. The first kappa shape index (κ1) is 18.3. The van der Waals surface area contributed by atoms with Gasteiger partial charge in [-0.3, -0.25) is 9.48 Å². The lowest BCUT2D eigenvalue weighted by molar-refractivity contribution is 0.100. The fourth-order valence-electron chi connectivity index (χ4n) is 2.55. The Balaban J connectivity index is 2.18. The number of carbonyl (C=O) groups excluding carboxylic acids is 2. The van der Waals surface area contributed by atoms with Crippen LogP contribution in [0.2, 0.25) is 0 Å². The number of anilines is 2. The molecule has 0 fully saturated rings. The van der Waals surface area contributed by atoms with Crippen molar-refractivity contribution in [2.75, 3.05) is 24.3 Å². The summed E-state index contributed by atoms with van der Waals surface area (Å²) in [6.45, 7) is 3.83. The van der Waals surface area contributed by atoms with Crippen LogP contribution >= 0.6 is 0 Å². The van der Waals surface area contributed by atoms with Crippen molar-refractivity contribution < 1.29 is 9.59 Å². The molecule has 1 aromatic carbocycles. The monoisotopic (exact) mass is 344 g/mol. The van der Waals surface area contributed by atoms with Gasteiger partial charge in [0.25, 0.3) is 0 Å². The standard InChI is InChI=1S/C17H24N6O2/c1-10(13-9-19-23(5)11(13)2)20-17(25)21-14-8-12(16(18)24)6-7-15(14)22(3)4/h6-10H,1-5H3,(H2,18,24)(H2,20,21,25). The van der Waals surface area contributed by atoms with E-state index in [1.165, 1.54) is 0 Å². The summed E-state index contributed by atoms with van der Waals surface area (Å²) in [6, 6.07) is 4.35. The molecule has 0 saturated heterocycles. The number of hydrogen-bond donors (Lipinski definition) is 3. The Morgan fingerprint density at radius 3 is 2.52 bits per heavy atom. The van der Waals surface area contributed by atoms with Gasteiger partial charge in [0.2, 0.25) is 5.91 Å². The molecule has 1 unspecified atom stereocenters. The summed E-state index contributed by atoms with van der Waals surface area (Å²) in [5.74, 6) is -0.548. The zero-order chi connectivity index (χ0) is 18.7. The number of aromatic nitrogens is 2. The van der Waals surface area contributed by atoms with Gasteiger partial charge < -0.3 is 21.3 Å². The van der Waals surface area contributed by atoms with Gasteiger partial charge >= 0.3 is 6.03 Å². The van der Waals surface area contributed by atoms with Gasteiger partial charge in [-0.1, -0.05) is 0 Å². The summed E-state index contributed by atoms with van der Waals surface area (Å²) >= 11 is 0. The molecule has 1 heterocycles. The highest BCUT2D eigenvalue weighted by Gasteiger charge is 2.16. The highest BCUT2D eigenvalue weighted by atomic mass is 16.2. The summed E-state index contributed by atoms with van der Waals surface area (Å²) in [6.07, 6.45) is 1.74. The number of nitrogens with one attached hydrogen (secondary N) is 2. The van der Waals surface area contributed by atoms with E-state index in [4.69, 9.17) is 5.73 Å². The number of nitrogens with two attached hydrogens (primary N) is 1. The van der Waals surface area contributed by atoms with Crippen molar-refractivity contribution >= 4 is 23.3 Å². The maximum Gasteiger partial charge on any atom is 0.319 e. The smallest absolute Gasteiger partial charge is 0.319 e. The molecule has 4 N–H and O–H groups in total. The number of rotatable bonds is 5. The minimum absolute atomic E-state index is 0.212. The van der Waals surface area contributed by atoms with Gasteiger partial charge in [0.15, 0.2) is 0 Å². The minimum atomic E-state index is -0.548. The molecule has 0 aliphatic rings. The lowest BCUT2D eigenvalue weighted by Crippen LogP contribution is -2.32. The Hall–Kier alpha value is -3.03. The van der Waals surface area contributed by atoms with E-state index in [0.717, 1.165) is 16.9 Å². The zero-order valence-electron chi connectivity index (χ0n) is 15.1. The van der Waals surface area contributed by atoms with E-state index in [-0.39, 0.29) is 12.1 Å². The summed E-state index contributed by atoms with van der Waals surface area (Å²) in [4.78, 5) is 25.6. The van der Waals surface area contributed by atoms with Gasteiger partial charge in [-0.25, -0.2) is 4.79 Å². The Kier molecular flexibility index (Phi) is 5.31. The molecule has 3 amide bonds. The van der Waals surface area contributed by atoms with E-state index in [0.29, 0.717) is 11.3 Å². The van der Waals surface area contributed by atoms with Crippen molar-refractivity contribution in [1.82, 2.24) is 15.1 Å². The maximum absolute atomic E-state index is 12.4. The van der Waals surface area contributed by atoms with E-state index >= 15 is 0 Å². The lowest BCUT2D eigenvalue weighted by atomic mass is 10.1. The van der Waals surface area contributed by atoms with Crippen LogP contribution in [0.5, 0.6) is 0 Å². The van der Waals surface area contributed by atoms with E-state index in [2.05, 4.69) is 15.7 Å². The minimum Gasteiger partial charge on any atom is -0.376 e. The summed E-state index contributed by atoms with van der Waals surface area (Å²) in [7, 11) is 5.55. The maximum atomic E-state index is 12.4. The molecule has 0 aliphatic heterocycles. The summed E-state index contributed by atoms with van der Waals surface area (Å²) < 4.78 is 1.76. The van der Waals surface area contributed by atoms with Gasteiger partial charge in [-0.2, -0.15) is 5.10 Å². The van der Waals surface area contributed by atoms with Crippen LogP contribution in [-0.2, 0) is 7.05 Å². The van der Waals surface area contributed by atoms with Crippen LogP contribution < -0.4 is 21.3 Å². The first-order valence-corrected chi connectivity index (χ1v) is 7.88. The number of carbonyl (C=O) groups is 2. The van der Waals surface area contributed by atoms with Crippen molar-refractivity contribution in [2.45, 2.75) is 19.9 Å². The molecule has 8 nitrogen and oxygen atoms in total. The molecular formula is C17H24N6O2. The molecule has 0 saturated carbocycles. The lowest BCUT2D eigenvalue weighted by Gasteiger charge is -2.20. The molecule has 134 valence electrons. The van der Waals surface area contributed by atoms with Gasteiger partial charge in [0.05, 0.1) is 23.6 Å². The normalized spacial score (nSPS) is 11.7. The zero-order valence-corrected chi connectivity index (χ0v) is 15.1. The quantitative estimate of drug-likeness (QED) is 0.769. The predicted octanol–water partition coefficient (Wildman–Crippen LogP) is 1.78. The SMILES string of the molecule is Cc1c(C(C)NC(=O)Nc2cc(C(N)=O)ccc2N(C)C)cnn1C. The van der Waals surface area contributed by atoms with Crippen molar-refractivity contribution in [2.24, 2.45) is 12.8 Å². The van der Waals surface area contributed by atoms with Crippen molar-refractivity contribution in [3.8, 4) is 0 Å². The number of aryl methyl sites for hydroxylation is 1. The number of hydrogen-bond acceptors (Lipinski definition) is 4. The van der Waals surface area contributed by atoms with Gasteiger partial charge in [-0.05, 0) is 32.0 Å². The van der Waals surface area contributed by atoms with E-state index in [1.54, 1.807) is 29.1 Å². The highest BCUT2D eigenvalue weighted by Crippen LogP contribution is 2.26. The number of primary amides is 1. The molecule has 0 spiro atoms. The second kappa shape index (κ2) is 7.25. The average Bonchev–Trinajstić information content (AvgIpc) is 2.86. The van der Waals surface area contributed by atoms with Crippen LogP contribution in [-0.4, -0.2) is 35.8 Å². The van der Waals surface area contributed by atoms with E-state index < -0.39 is 5.91 Å². The second-order valence-electron chi connectivity index (χ2n) is 6.12. The van der Waals surface area contributed by atoms with E-state index in [9.17, 15) is 9.59 Å². The number of benzene rings is 1. The van der Waals surface area contributed by atoms with Crippen LogP contribution in [0.1, 0.15) is 34.6 Å². The molecule has 0 bridgehead atoms. The van der Waals surface area contributed by atoms with Crippen molar-refractivity contribution in [1.29, 1.82) is 0 Å². The highest BCUT2D eigenvalue weighted by molar-refractivity contribution is 5.98. The van der Waals surface area contributed by atoms with Crippen LogP contribution in [0.3, 0.4) is 0 Å². The van der Waals surface area contributed by atoms with Crippen LogP contribution in [0.25, 0.3) is 0 Å². The van der Waals surface area contributed by atoms with Crippen molar-refractivity contribution in [3.63, 3.8) is 0 Å². The van der Waals surface area contributed by atoms with Gasteiger partial charge in [0, 0.05) is 38.0 Å². The summed E-state index contributed by atoms with van der Waals surface area (Å²) in [5, 5.41) is 9.85. The van der Waals surface area contributed by atoms with E-state index in [1.807, 2.05) is 39.9 Å². The molecule has 25 heavy (non-hydrogen) atoms. The van der Waals surface area contributed by atoms with Gasteiger partial charge in [0.1, 0.15) is 0 Å². The topological polar surface area (TPSA) is 105 Å². The molecule has 8 heteroatoms. The first-order chi connectivity index (χ1) is 11.7. The Bertz CT molecular complexity index is 796. The Morgan fingerprint density at radius 1 is 1.32 bits per heavy atom. The first-order valence-electron chi connectivity index (χ1n) is 7.88. The van der Waals surface area contributed by atoms with Gasteiger partial charge in [-0.15, -0.1) is 0 Å². The number of nitrogens with zero attached hydrogens (tertiary/aromatic N) is 3. The third kappa shape index (κ3) is 4.09. The molecular weight excluding hydrogens is 320 g/mol. The molecule has 2 rings (SSSR count). The summed E-state index contributed by atoms with van der Waals surface area (Å²) in [5.41, 5.74) is 8.86. The van der Waals surface area contributed by atoms with Crippen molar-refractivity contribution in [3.05, 3.63) is 41.2 Å².